The molecule has 0 saturated heterocycles. The van der Waals surface area contributed by atoms with Crippen molar-refractivity contribution in [1.82, 2.24) is 10.0 Å². The first-order valence-corrected chi connectivity index (χ1v) is 10.6. The average molecular weight is 410 g/mol. The summed E-state index contributed by atoms with van der Waals surface area (Å²) in [6.45, 7) is 0.631. The van der Waals surface area contributed by atoms with Gasteiger partial charge in [0.2, 0.25) is 15.9 Å². The topological polar surface area (TPSA) is 88.4 Å². The van der Waals surface area contributed by atoms with E-state index in [-0.39, 0.29) is 17.3 Å². The first kappa shape index (κ1) is 20.6. The van der Waals surface area contributed by atoms with E-state index in [1.807, 2.05) is 30.3 Å². The van der Waals surface area contributed by atoms with Crippen molar-refractivity contribution in [2.75, 3.05) is 6.54 Å². The number of carbonyl (C=O) groups is 1. The molecule has 0 radical (unpaired) electrons. The summed E-state index contributed by atoms with van der Waals surface area (Å²) in [7, 11) is -3.64. The molecule has 7 heteroatoms. The molecule has 0 unspecified atom stereocenters. The predicted octanol–water partition coefficient (Wildman–Crippen LogP) is 3.13. The summed E-state index contributed by atoms with van der Waals surface area (Å²) in [6, 6.07) is 19.6. The third-order valence-electron chi connectivity index (χ3n) is 4.19. The van der Waals surface area contributed by atoms with Gasteiger partial charge in [-0.3, -0.25) is 4.79 Å². The molecule has 0 saturated carbocycles. The van der Waals surface area contributed by atoms with Gasteiger partial charge in [-0.15, -0.1) is 0 Å². The van der Waals surface area contributed by atoms with Crippen LogP contribution in [0.5, 0.6) is 0 Å². The highest BCUT2D eigenvalue weighted by Crippen LogP contribution is 2.12. The number of carbonyl (C=O) groups excluding carboxylic acids is 1. The Morgan fingerprint density at radius 1 is 0.966 bits per heavy atom. The normalized spacial score (nSPS) is 11.6. The number of amides is 1. The van der Waals surface area contributed by atoms with Crippen LogP contribution in [0.4, 0.5) is 0 Å². The maximum absolute atomic E-state index is 12.3. The molecule has 29 heavy (non-hydrogen) atoms. The Balaban J connectivity index is 1.49. The maximum Gasteiger partial charge on any atom is 0.244 e. The standard InChI is InChI=1S/C22H22N2O4S/c25-22(23-15-14-18-5-2-1-3-6-18)13-10-19-8-11-21(12-9-19)29(26,27)24-17-20-7-4-16-28-20/h1-13,16,24H,14-15,17H2,(H,23,25)/b13-10+. The molecule has 0 aliphatic rings. The molecule has 0 aliphatic heterocycles. The molecule has 2 N–H and O–H groups in total. The summed E-state index contributed by atoms with van der Waals surface area (Å²) in [4.78, 5) is 12.1. The van der Waals surface area contributed by atoms with E-state index in [0.717, 1.165) is 17.5 Å². The van der Waals surface area contributed by atoms with Crippen LogP contribution in [0.3, 0.4) is 0 Å². The minimum Gasteiger partial charge on any atom is -0.468 e. The van der Waals surface area contributed by atoms with Crippen LogP contribution in [-0.2, 0) is 27.8 Å². The van der Waals surface area contributed by atoms with Crippen molar-refractivity contribution in [3.05, 3.63) is 96.0 Å². The fourth-order valence-electron chi connectivity index (χ4n) is 2.63. The van der Waals surface area contributed by atoms with E-state index in [2.05, 4.69) is 10.0 Å². The second kappa shape index (κ2) is 9.86. The SMILES string of the molecule is O=C(/C=C/c1ccc(S(=O)(=O)NCc2ccco2)cc1)NCCc1ccccc1. The molecule has 0 atom stereocenters. The lowest BCUT2D eigenvalue weighted by Gasteiger charge is -2.06. The lowest BCUT2D eigenvalue weighted by atomic mass is 10.1. The van der Waals surface area contributed by atoms with Crippen molar-refractivity contribution in [2.45, 2.75) is 17.9 Å². The monoisotopic (exact) mass is 410 g/mol. The second-order valence-corrected chi connectivity index (χ2v) is 8.10. The van der Waals surface area contributed by atoms with Crippen LogP contribution in [0.2, 0.25) is 0 Å². The van der Waals surface area contributed by atoms with E-state index in [1.54, 1.807) is 30.3 Å². The van der Waals surface area contributed by atoms with Gasteiger partial charge in [0.05, 0.1) is 17.7 Å². The summed E-state index contributed by atoms with van der Waals surface area (Å²) in [5, 5.41) is 2.83. The molecule has 6 nitrogen and oxygen atoms in total. The Bertz CT molecular complexity index is 1040. The zero-order valence-electron chi connectivity index (χ0n) is 15.7. The van der Waals surface area contributed by atoms with Crippen LogP contribution in [-0.4, -0.2) is 20.9 Å². The molecular weight excluding hydrogens is 388 g/mol. The highest BCUT2D eigenvalue weighted by Gasteiger charge is 2.13. The summed E-state index contributed by atoms with van der Waals surface area (Å²) in [5.74, 6) is 0.337. The number of benzene rings is 2. The van der Waals surface area contributed by atoms with Crippen LogP contribution >= 0.6 is 0 Å². The zero-order valence-corrected chi connectivity index (χ0v) is 16.6. The van der Waals surface area contributed by atoms with E-state index in [0.29, 0.717) is 12.3 Å². The van der Waals surface area contributed by atoms with Crippen LogP contribution < -0.4 is 10.0 Å². The van der Waals surface area contributed by atoms with Gasteiger partial charge in [0.25, 0.3) is 0 Å². The Hall–Kier alpha value is -3.16. The maximum atomic E-state index is 12.3. The van der Waals surface area contributed by atoms with E-state index in [9.17, 15) is 13.2 Å². The Labute approximate surface area is 170 Å². The Morgan fingerprint density at radius 2 is 1.72 bits per heavy atom. The molecule has 1 aromatic heterocycles. The number of nitrogens with one attached hydrogen (secondary N) is 2. The average Bonchev–Trinajstić information content (AvgIpc) is 3.26. The van der Waals surface area contributed by atoms with E-state index in [4.69, 9.17) is 4.42 Å². The molecule has 1 heterocycles. The molecule has 150 valence electrons. The highest BCUT2D eigenvalue weighted by molar-refractivity contribution is 7.89. The lowest BCUT2D eigenvalue weighted by molar-refractivity contribution is -0.116. The lowest BCUT2D eigenvalue weighted by Crippen LogP contribution is -2.23. The number of furan rings is 1. The van der Waals surface area contributed by atoms with Gasteiger partial charge in [-0.1, -0.05) is 42.5 Å². The predicted molar refractivity (Wildman–Crippen MR) is 111 cm³/mol. The third kappa shape index (κ3) is 6.44. The first-order chi connectivity index (χ1) is 14.0. The van der Waals surface area contributed by atoms with Crippen molar-refractivity contribution >= 4 is 22.0 Å². The Kier molecular flexibility index (Phi) is 6.99. The van der Waals surface area contributed by atoms with Gasteiger partial charge in [-0.2, -0.15) is 0 Å². The Morgan fingerprint density at radius 3 is 2.41 bits per heavy atom. The van der Waals surface area contributed by atoms with Crippen molar-refractivity contribution in [1.29, 1.82) is 0 Å². The van der Waals surface area contributed by atoms with E-state index in [1.165, 1.54) is 24.5 Å². The minimum atomic E-state index is -3.64. The molecule has 0 bridgehead atoms. The fraction of sp³-hybridized carbons (Fsp3) is 0.136. The van der Waals surface area contributed by atoms with Crippen molar-refractivity contribution in [3.63, 3.8) is 0 Å². The smallest absolute Gasteiger partial charge is 0.244 e. The molecule has 3 rings (SSSR count). The van der Waals surface area contributed by atoms with Gasteiger partial charge in [0.15, 0.2) is 0 Å². The van der Waals surface area contributed by atoms with Crippen LogP contribution in [0, 0.1) is 0 Å². The van der Waals surface area contributed by atoms with Crippen molar-refractivity contribution in [3.8, 4) is 0 Å². The van der Waals surface area contributed by atoms with Gasteiger partial charge in [-0.25, -0.2) is 13.1 Å². The molecule has 0 spiro atoms. The summed E-state index contributed by atoms with van der Waals surface area (Å²) in [6.07, 6.45) is 5.33. The quantitative estimate of drug-likeness (QED) is 0.531. The van der Waals surface area contributed by atoms with Gasteiger partial charge in [0, 0.05) is 12.6 Å². The molecule has 2 aromatic carbocycles. The molecule has 3 aromatic rings. The summed E-state index contributed by atoms with van der Waals surface area (Å²) >= 11 is 0. The zero-order chi connectivity index (χ0) is 20.5. The third-order valence-corrected chi connectivity index (χ3v) is 5.61. The summed E-state index contributed by atoms with van der Waals surface area (Å²) < 4.78 is 32.2. The number of rotatable bonds is 9. The first-order valence-electron chi connectivity index (χ1n) is 9.15. The second-order valence-electron chi connectivity index (χ2n) is 6.33. The van der Waals surface area contributed by atoms with E-state index >= 15 is 0 Å². The minimum absolute atomic E-state index is 0.0835. The highest BCUT2D eigenvalue weighted by atomic mass is 32.2. The fourth-order valence-corrected chi connectivity index (χ4v) is 3.62. The van der Waals surface area contributed by atoms with Gasteiger partial charge in [-0.05, 0) is 47.9 Å². The summed E-state index contributed by atoms with van der Waals surface area (Å²) in [5.41, 5.74) is 1.89. The number of sulfonamides is 1. The van der Waals surface area contributed by atoms with Gasteiger partial charge in [0.1, 0.15) is 5.76 Å². The van der Waals surface area contributed by atoms with Crippen LogP contribution in [0.25, 0.3) is 6.08 Å². The van der Waals surface area contributed by atoms with Crippen molar-refractivity contribution < 1.29 is 17.6 Å². The van der Waals surface area contributed by atoms with Crippen LogP contribution in [0.15, 0.2) is 88.4 Å². The van der Waals surface area contributed by atoms with Crippen LogP contribution in [0.1, 0.15) is 16.9 Å². The van der Waals surface area contributed by atoms with Gasteiger partial charge < -0.3 is 9.73 Å². The number of hydrogen-bond acceptors (Lipinski definition) is 4. The molecular formula is C22H22N2O4S. The molecule has 0 aliphatic carbocycles. The molecule has 1 amide bonds. The van der Waals surface area contributed by atoms with Gasteiger partial charge >= 0.3 is 0 Å². The largest absolute Gasteiger partial charge is 0.468 e. The molecule has 0 fully saturated rings. The van der Waals surface area contributed by atoms with E-state index < -0.39 is 10.0 Å². The number of hydrogen-bond donors (Lipinski definition) is 2. The van der Waals surface area contributed by atoms with Crippen molar-refractivity contribution in [2.24, 2.45) is 0 Å².